The van der Waals surface area contributed by atoms with Gasteiger partial charge < -0.3 is 5.32 Å². The molecule has 1 amide bonds. The van der Waals surface area contributed by atoms with E-state index in [1.54, 1.807) is 6.92 Å². The summed E-state index contributed by atoms with van der Waals surface area (Å²) < 4.78 is 56.4. The number of sulfonamides is 1. The maximum Gasteiger partial charge on any atom is 0.255 e. The number of hydrogen-bond donors (Lipinski definition) is 2. The van der Waals surface area contributed by atoms with Gasteiger partial charge >= 0.3 is 0 Å². The van der Waals surface area contributed by atoms with Gasteiger partial charge in [-0.05, 0) is 61.1 Å². The van der Waals surface area contributed by atoms with Crippen molar-refractivity contribution < 1.29 is 22.0 Å². The molecule has 0 bridgehead atoms. The monoisotopic (exact) mass is 436 g/mol. The molecule has 0 aliphatic heterocycles. The van der Waals surface area contributed by atoms with E-state index in [0.29, 0.717) is 17.9 Å². The first kappa shape index (κ1) is 22.4. The van der Waals surface area contributed by atoms with E-state index in [-0.39, 0.29) is 23.2 Å². The molecule has 0 unspecified atom stereocenters. The van der Waals surface area contributed by atoms with Crippen molar-refractivity contribution in [3.63, 3.8) is 0 Å². The van der Waals surface area contributed by atoms with Gasteiger partial charge in [0.05, 0.1) is 0 Å². The van der Waals surface area contributed by atoms with Crippen molar-refractivity contribution >= 4 is 21.6 Å². The van der Waals surface area contributed by atoms with Crippen molar-refractivity contribution in [2.75, 3.05) is 5.32 Å². The average molecular weight is 437 g/mol. The first-order valence-electron chi connectivity index (χ1n) is 9.98. The first-order valence-corrected chi connectivity index (χ1v) is 11.5. The topological polar surface area (TPSA) is 75.3 Å². The van der Waals surface area contributed by atoms with Crippen molar-refractivity contribution in [1.82, 2.24) is 4.72 Å². The molecule has 1 aliphatic carbocycles. The van der Waals surface area contributed by atoms with Gasteiger partial charge in [-0.3, -0.25) is 4.79 Å². The molecule has 1 fully saturated rings. The van der Waals surface area contributed by atoms with E-state index in [9.17, 15) is 22.0 Å². The molecule has 2 N–H and O–H groups in total. The summed E-state index contributed by atoms with van der Waals surface area (Å²) in [7, 11) is -4.15. The highest BCUT2D eigenvalue weighted by Gasteiger charge is 2.32. The van der Waals surface area contributed by atoms with Crippen molar-refractivity contribution in [2.45, 2.75) is 51.0 Å². The summed E-state index contributed by atoms with van der Waals surface area (Å²) in [5.74, 6) is -1.58. The van der Waals surface area contributed by atoms with E-state index in [1.165, 1.54) is 24.3 Å². The van der Waals surface area contributed by atoms with E-state index in [1.807, 2.05) is 6.92 Å². The Morgan fingerprint density at radius 3 is 2.47 bits per heavy atom. The third kappa shape index (κ3) is 4.87. The van der Waals surface area contributed by atoms with Crippen LogP contribution in [0.2, 0.25) is 0 Å². The second kappa shape index (κ2) is 8.81. The van der Waals surface area contributed by atoms with E-state index in [0.717, 1.165) is 25.0 Å². The van der Waals surface area contributed by atoms with E-state index < -0.39 is 32.5 Å². The fourth-order valence-corrected chi connectivity index (χ4v) is 5.20. The van der Waals surface area contributed by atoms with Crippen molar-refractivity contribution in [3.05, 3.63) is 59.2 Å². The fraction of sp³-hybridized carbons (Fsp3) is 0.409. The number of hydrogen-bond acceptors (Lipinski definition) is 3. The van der Waals surface area contributed by atoms with Crippen LogP contribution in [0.3, 0.4) is 0 Å². The zero-order chi connectivity index (χ0) is 22.1. The zero-order valence-electron chi connectivity index (χ0n) is 17.2. The summed E-state index contributed by atoms with van der Waals surface area (Å²) in [6.45, 7) is 5.65. The van der Waals surface area contributed by atoms with Gasteiger partial charge in [-0.25, -0.2) is 21.9 Å². The van der Waals surface area contributed by atoms with Crippen LogP contribution in [0.4, 0.5) is 14.5 Å². The van der Waals surface area contributed by atoms with Gasteiger partial charge in [-0.15, -0.1) is 0 Å². The number of carbonyl (C=O) groups is 1. The highest BCUT2D eigenvalue weighted by Crippen LogP contribution is 2.31. The summed E-state index contributed by atoms with van der Waals surface area (Å²) in [5.41, 5.74) is 0.614. The van der Waals surface area contributed by atoms with Crippen LogP contribution in [-0.4, -0.2) is 20.4 Å². The zero-order valence-corrected chi connectivity index (χ0v) is 18.0. The number of nitrogens with one attached hydrogen (secondary N) is 2. The summed E-state index contributed by atoms with van der Waals surface area (Å²) in [6.07, 6.45) is 2.62. The molecule has 0 saturated heterocycles. The average Bonchev–Trinajstić information content (AvgIpc) is 2.68. The van der Waals surface area contributed by atoms with Gasteiger partial charge in [-0.2, -0.15) is 0 Å². The summed E-state index contributed by atoms with van der Waals surface area (Å²) in [4.78, 5) is 11.9. The highest BCUT2D eigenvalue weighted by atomic mass is 32.2. The first-order chi connectivity index (χ1) is 14.1. The molecule has 3 atom stereocenters. The predicted molar refractivity (Wildman–Crippen MR) is 112 cm³/mol. The summed E-state index contributed by atoms with van der Waals surface area (Å²) in [5, 5.41) is 2.50. The molecular formula is C22H26F2N2O3S. The number of halogens is 2. The molecule has 1 saturated carbocycles. The van der Waals surface area contributed by atoms with Gasteiger partial charge in [0, 0.05) is 17.3 Å². The second-order valence-corrected chi connectivity index (χ2v) is 9.74. The van der Waals surface area contributed by atoms with Gasteiger partial charge in [0.25, 0.3) is 5.91 Å². The minimum Gasteiger partial charge on any atom is -0.322 e. The normalized spacial score (nSPS) is 22.0. The molecule has 2 aromatic carbocycles. The van der Waals surface area contributed by atoms with Crippen LogP contribution in [-0.2, 0) is 10.0 Å². The van der Waals surface area contributed by atoms with Crippen LogP contribution in [0.15, 0.2) is 41.3 Å². The van der Waals surface area contributed by atoms with Gasteiger partial charge in [0.1, 0.15) is 16.5 Å². The number of aryl methyl sites for hydroxylation is 1. The maximum absolute atomic E-state index is 14.4. The number of anilines is 1. The molecule has 30 heavy (non-hydrogen) atoms. The minimum absolute atomic E-state index is 0.0391. The number of amides is 1. The lowest BCUT2D eigenvalue weighted by molar-refractivity contribution is 0.102. The van der Waals surface area contributed by atoms with Crippen LogP contribution >= 0.6 is 0 Å². The molecule has 1 aliphatic rings. The number of rotatable bonds is 5. The molecule has 0 spiro atoms. The fourth-order valence-electron chi connectivity index (χ4n) is 3.74. The maximum atomic E-state index is 14.4. The van der Waals surface area contributed by atoms with Crippen LogP contribution in [0.1, 0.15) is 49.0 Å². The minimum atomic E-state index is -4.15. The third-order valence-electron chi connectivity index (χ3n) is 5.93. The number of benzene rings is 2. The largest absolute Gasteiger partial charge is 0.322 e. The standard InChI is InChI=1S/C22H26F2N2O3S/c1-13-5-4-6-20(15(13)3)26-30(28,29)21-11-16(8-10-18(21)23)22(27)25-17-9-7-14(2)19(24)12-17/h7-13,15,20,26H,4-6H2,1-3H3,(H,25,27)/t13-,15-,20+/m0/s1. The van der Waals surface area contributed by atoms with E-state index in [2.05, 4.69) is 17.0 Å². The molecular weight excluding hydrogens is 410 g/mol. The Kier molecular flexibility index (Phi) is 6.57. The third-order valence-corrected chi connectivity index (χ3v) is 7.43. The van der Waals surface area contributed by atoms with Crippen LogP contribution in [0.5, 0.6) is 0 Å². The lowest BCUT2D eigenvalue weighted by Gasteiger charge is -2.34. The Balaban J connectivity index is 1.83. The smallest absolute Gasteiger partial charge is 0.255 e. The molecule has 0 aromatic heterocycles. The highest BCUT2D eigenvalue weighted by molar-refractivity contribution is 7.89. The lowest BCUT2D eigenvalue weighted by Crippen LogP contribution is -2.43. The molecule has 0 heterocycles. The van der Waals surface area contributed by atoms with Gasteiger partial charge in [0.2, 0.25) is 10.0 Å². The van der Waals surface area contributed by atoms with Crippen molar-refractivity contribution in [2.24, 2.45) is 11.8 Å². The number of carbonyl (C=O) groups excluding carboxylic acids is 1. The lowest BCUT2D eigenvalue weighted by atomic mass is 9.78. The molecule has 5 nitrogen and oxygen atoms in total. The van der Waals surface area contributed by atoms with Crippen LogP contribution < -0.4 is 10.0 Å². The van der Waals surface area contributed by atoms with Crippen molar-refractivity contribution in [3.8, 4) is 0 Å². The predicted octanol–water partition coefficient (Wildman–Crippen LogP) is 4.63. The van der Waals surface area contributed by atoms with E-state index >= 15 is 0 Å². The SMILES string of the molecule is Cc1ccc(NC(=O)c2ccc(F)c(S(=O)(=O)N[C@@H]3CCC[C@H](C)[C@@H]3C)c2)cc1F. The Bertz CT molecular complexity index is 1060. The van der Waals surface area contributed by atoms with Crippen molar-refractivity contribution in [1.29, 1.82) is 0 Å². The Morgan fingerprint density at radius 2 is 1.77 bits per heavy atom. The van der Waals surface area contributed by atoms with Gasteiger partial charge in [-0.1, -0.05) is 32.8 Å². The second-order valence-electron chi connectivity index (χ2n) is 8.06. The molecule has 162 valence electrons. The molecule has 0 radical (unpaired) electrons. The van der Waals surface area contributed by atoms with Crippen LogP contribution in [0.25, 0.3) is 0 Å². The quantitative estimate of drug-likeness (QED) is 0.718. The summed E-state index contributed by atoms with van der Waals surface area (Å²) >= 11 is 0. The van der Waals surface area contributed by atoms with Gasteiger partial charge in [0.15, 0.2) is 0 Å². The molecule has 2 aromatic rings. The summed E-state index contributed by atoms with van der Waals surface area (Å²) in [6, 6.07) is 7.08. The molecule has 3 rings (SSSR count). The Hall–Kier alpha value is -2.32. The van der Waals surface area contributed by atoms with E-state index in [4.69, 9.17) is 0 Å². The molecule has 8 heteroatoms. The van der Waals surface area contributed by atoms with Crippen LogP contribution in [0, 0.1) is 30.4 Å². The Labute approximate surface area is 175 Å². The Morgan fingerprint density at radius 1 is 1.03 bits per heavy atom.